The van der Waals surface area contributed by atoms with E-state index in [1.807, 2.05) is 26.8 Å². The molecule has 1 N–H and O–H groups in total. The Morgan fingerprint density at radius 1 is 1.28 bits per heavy atom. The van der Waals surface area contributed by atoms with Crippen LogP contribution in [0.5, 0.6) is 0 Å². The van der Waals surface area contributed by atoms with Gasteiger partial charge >= 0.3 is 63.5 Å². The number of hydrogen-bond donors (Lipinski definition) is 1. The van der Waals surface area contributed by atoms with Crippen molar-refractivity contribution in [2.45, 2.75) is 33.4 Å². The van der Waals surface area contributed by atoms with E-state index in [0.717, 1.165) is 5.56 Å². The summed E-state index contributed by atoms with van der Waals surface area (Å²) in [5.74, 6) is -1.60. The molecule has 130 valence electrons. The van der Waals surface area contributed by atoms with Crippen molar-refractivity contribution >= 4 is 5.97 Å². The number of aromatic carboxylic acids is 1. The van der Waals surface area contributed by atoms with Crippen LogP contribution in [0.25, 0.3) is 11.3 Å². The number of nitrogens with zero attached hydrogens (tertiary/aromatic N) is 1. The van der Waals surface area contributed by atoms with Crippen molar-refractivity contribution in [3.8, 4) is 11.3 Å². The zero-order valence-electron chi connectivity index (χ0n) is 15.6. The molecule has 0 atom stereocenters. The summed E-state index contributed by atoms with van der Waals surface area (Å²) in [6, 6.07) is 8.40. The molecule has 1 aromatic heterocycles. The van der Waals surface area contributed by atoms with E-state index in [0.29, 0.717) is 5.56 Å². The molecule has 0 amide bonds. The van der Waals surface area contributed by atoms with E-state index in [1.165, 1.54) is 6.07 Å². The third-order valence-electron chi connectivity index (χ3n) is 3.53. The zero-order chi connectivity index (χ0) is 18.1. The van der Waals surface area contributed by atoms with Gasteiger partial charge in [-0.15, -0.1) is 0 Å². The minimum atomic E-state index is -4.83. The van der Waals surface area contributed by atoms with E-state index >= 15 is 0 Å². The Labute approximate surface area is 188 Å². The fourth-order valence-electron chi connectivity index (χ4n) is 2.59. The molecule has 0 aliphatic heterocycles. The number of carbonyl (C=O) groups is 1. The van der Waals surface area contributed by atoms with Crippen molar-refractivity contribution in [1.29, 1.82) is 0 Å². The first-order valence-corrected chi connectivity index (χ1v) is 7.51. The number of benzene rings is 1. The number of aryl methyl sites for hydroxylation is 1. The smallest absolute Gasteiger partial charge is 1.00 e. The Morgan fingerprint density at radius 2 is 1.92 bits per heavy atom. The molecule has 2 rings (SSSR count). The van der Waals surface area contributed by atoms with E-state index < -0.39 is 23.4 Å². The van der Waals surface area contributed by atoms with Crippen molar-refractivity contribution < 1.29 is 75.9 Å². The van der Waals surface area contributed by atoms with Gasteiger partial charge in [-0.2, -0.15) is 13.2 Å². The Bertz CT molecular complexity index is 780. The van der Waals surface area contributed by atoms with Crippen LogP contribution in [-0.2, 0) is 12.6 Å². The number of rotatable bonds is 4. The first-order chi connectivity index (χ1) is 11.1. The fourth-order valence-corrected chi connectivity index (χ4v) is 2.59. The normalized spacial score (nSPS) is 11.3. The average molecular weight is 377 g/mol. The molecule has 3 nitrogen and oxygen atoms in total. The third-order valence-corrected chi connectivity index (χ3v) is 3.53. The molecule has 0 aliphatic rings. The maximum Gasteiger partial charge on any atom is 1.00 e. The Balaban J connectivity index is 0.00000312. The number of halogens is 3. The van der Waals surface area contributed by atoms with Crippen LogP contribution < -0.4 is 51.4 Å². The standard InChI is InChI=1S/C18H18F3NO2.K.H/c1-10(2)7-13-9-14(12-6-4-5-11(3)8-12)22-16(18(19,20)21)15(13)17(23)24;;/h4-6,8-10H,7H2,1-3H3,(H,23,24);;/q;+1;-1. The van der Waals surface area contributed by atoms with Gasteiger partial charge in [0.1, 0.15) is 0 Å². The first-order valence-electron chi connectivity index (χ1n) is 7.51. The number of hydrogen-bond acceptors (Lipinski definition) is 2. The molecule has 0 bridgehead atoms. The van der Waals surface area contributed by atoms with Crippen LogP contribution in [-0.4, -0.2) is 16.1 Å². The summed E-state index contributed by atoms with van der Waals surface area (Å²) in [6.07, 6.45) is -4.61. The predicted octanol–water partition coefficient (Wildman–Crippen LogP) is 2.09. The Kier molecular flexibility index (Phi) is 7.83. The average Bonchev–Trinajstić information content (AvgIpc) is 2.44. The quantitative estimate of drug-likeness (QED) is 0.830. The number of alkyl halides is 3. The van der Waals surface area contributed by atoms with Gasteiger partial charge in [-0.25, -0.2) is 9.78 Å². The van der Waals surface area contributed by atoms with E-state index in [4.69, 9.17) is 0 Å². The Morgan fingerprint density at radius 3 is 2.40 bits per heavy atom. The summed E-state index contributed by atoms with van der Waals surface area (Å²) in [5.41, 5.74) is -0.404. The van der Waals surface area contributed by atoms with Gasteiger partial charge in [0.25, 0.3) is 0 Å². The minimum absolute atomic E-state index is 0. The third kappa shape index (κ3) is 5.62. The van der Waals surface area contributed by atoms with Gasteiger partial charge in [-0.05, 0) is 37.0 Å². The van der Waals surface area contributed by atoms with E-state index in [-0.39, 0.29) is 76.4 Å². The minimum Gasteiger partial charge on any atom is -1.00 e. The maximum atomic E-state index is 13.4. The number of aromatic nitrogens is 1. The number of carboxylic acids is 1. The number of pyridine rings is 1. The SMILES string of the molecule is Cc1cccc(-c2cc(CC(C)C)c(C(=O)O)c(C(F)(F)F)n2)c1.[H-].[K+]. The van der Waals surface area contributed by atoms with Gasteiger partial charge < -0.3 is 6.53 Å². The van der Waals surface area contributed by atoms with Gasteiger partial charge in [0.2, 0.25) is 0 Å². The molecular weight excluding hydrogens is 358 g/mol. The van der Waals surface area contributed by atoms with Crippen LogP contribution in [0, 0.1) is 12.8 Å². The van der Waals surface area contributed by atoms with E-state index in [9.17, 15) is 23.1 Å². The largest absolute Gasteiger partial charge is 1.00 e. The van der Waals surface area contributed by atoms with Gasteiger partial charge in [-0.1, -0.05) is 37.6 Å². The second kappa shape index (κ2) is 8.77. The molecule has 25 heavy (non-hydrogen) atoms. The van der Waals surface area contributed by atoms with Crippen LogP contribution in [0.15, 0.2) is 30.3 Å². The summed E-state index contributed by atoms with van der Waals surface area (Å²) in [5, 5.41) is 9.29. The summed E-state index contributed by atoms with van der Waals surface area (Å²) >= 11 is 0. The van der Waals surface area contributed by atoms with Crippen molar-refractivity contribution in [3.05, 3.63) is 52.7 Å². The van der Waals surface area contributed by atoms with Crippen LogP contribution in [0.2, 0.25) is 0 Å². The van der Waals surface area contributed by atoms with Crippen LogP contribution in [0.1, 0.15) is 42.5 Å². The molecule has 1 heterocycles. The van der Waals surface area contributed by atoms with Crippen molar-refractivity contribution in [1.82, 2.24) is 4.98 Å². The summed E-state index contributed by atoms with van der Waals surface area (Å²) < 4.78 is 40.1. The van der Waals surface area contributed by atoms with Crippen LogP contribution in [0.3, 0.4) is 0 Å². The summed E-state index contributed by atoms with van der Waals surface area (Å²) in [7, 11) is 0. The molecule has 0 unspecified atom stereocenters. The predicted molar refractivity (Wildman–Crippen MR) is 86.0 cm³/mol. The molecular formula is C18H19F3KNO2. The molecule has 0 aliphatic carbocycles. The molecule has 0 fully saturated rings. The second-order valence-corrected chi connectivity index (χ2v) is 6.16. The topological polar surface area (TPSA) is 50.2 Å². The molecule has 2 aromatic rings. The summed E-state index contributed by atoms with van der Waals surface area (Å²) in [6.45, 7) is 5.48. The van der Waals surface area contributed by atoms with Crippen LogP contribution >= 0.6 is 0 Å². The van der Waals surface area contributed by atoms with Gasteiger partial charge in [0.05, 0.1) is 11.3 Å². The second-order valence-electron chi connectivity index (χ2n) is 6.16. The van der Waals surface area contributed by atoms with Crippen molar-refractivity contribution in [2.24, 2.45) is 5.92 Å². The molecule has 0 saturated carbocycles. The van der Waals surface area contributed by atoms with Gasteiger partial charge in [0.15, 0.2) is 5.69 Å². The van der Waals surface area contributed by atoms with Crippen molar-refractivity contribution in [3.63, 3.8) is 0 Å². The maximum absolute atomic E-state index is 13.4. The van der Waals surface area contributed by atoms with Crippen molar-refractivity contribution in [2.75, 3.05) is 0 Å². The Hall–Kier alpha value is -0.734. The first kappa shape index (κ1) is 22.3. The molecule has 0 spiro atoms. The van der Waals surface area contributed by atoms with E-state index in [2.05, 4.69) is 4.98 Å². The van der Waals surface area contributed by atoms with E-state index in [1.54, 1.807) is 18.2 Å². The molecule has 0 radical (unpaired) electrons. The molecule has 1 aromatic carbocycles. The van der Waals surface area contributed by atoms with Crippen LogP contribution in [0.4, 0.5) is 13.2 Å². The van der Waals surface area contributed by atoms with Gasteiger partial charge in [0, 0.05) is 5.56 Å². The molecule has 0 saturated heterocycles. The zero-order valence-corrected chi connectivity index (χ0v) is 17.7. The summed E-state index contributed by atoms with van der Waals surface area (Å²) in [4.78, 5) is 15.1. The number of carboxylic acid groups (broad SMARTS) is 1. The molecule has 7 heteroatoms. The monoisotopic (exact) mass is 377 g/mol. The fraction of sp³-hybridized carbons (Fsp3) is 0.333. The van der Waals surface area contributed by atoms with Gasteiger partial charge in [-0.3, -0.25) is 0 Å².